The first-order valence-electron chi connectivity index (χ1n) is 9.88. The number of hydrogen-bond acceptors (Lipinski definition) is 7. The first-order chi connectivity index (χ1) is 14.6. The van der Waals surface area contributed by atoms with Crippen molar-refractivity contribution in [1.82, 2.24) is 9.47 Å². The number of rotatable bonds is 9. The van der Waals surface area contributed by atoms with Crippen molar-refractivity contribution in [2.45, 2.75) is 13.5 Å². The van der Waals surface area contributed by atoms with Crippen LogP contribution in [-0.4, -0.2) is 79.4 Å². The van der Waals surface area contributed by atoms with Gasteiger partial charge in [0.25, 0.3) is 5.91 Å². The Morgan fingerprint density at radius 3 is 2.80 bits per heavy atom. The van der Waals surface area contributed by atoms with E-state index in [1.807, 2.05) is 29.7 Å². The molecule has 30 heavy (non-hydrogen) atoms. The van der Waals surface area contributed by atoms with E-state index in [0.717, 1.165) is 16.0 Å². The predicted octanol–water partition coefficient (Wildman–Crippen LogP) is 1.77. The Labute approximate surface area is 183 Å². The van der Waals surface area contributed by atoms with Gasteiger partial charge in [-0.1, -0.05) is 11.3 Å². The van der Waals surface area contributed by atoms with Crippen molar-refractivity contribution in [2.24, 2.45) is 4.99 Å². The van der Waals surface area contributed by atoms with E-state index in [4.69, 9.17) is 14.2 Å². The SMILES string of the molecule is CCOc1ccc2c(c1)sc(=NC(=O)CSCC(=O)N1CCOCC1)n2CCOC. The third kappa shape index (κ3) is 6.07. The summed E-state index contributed by atoms with van der Waals surface area (Å²) in [6, 6.07) is 5.86. The molecule has 2 amide bonds. The Balaban J connectivity index is 1.69. The molecule has 1 aromatic carbocycles. The molecule has 1 aliphatic heterocycles. The minimum atomic E-state index is -0.252. The quantitative estimate of drug-likeness (QED) is 0.576. The molecule has 1 aromatic heterocycles. The highest BCUT2D eigenvalue weighted by molar-refractivity contribution is 8.00. The van der Waals surface area contributed by atoms with Gasteiger partial charge < -0.3 is 23.7 Å². The topological polar surface area (TPSA) is 82.4 Å². The van der Waals surface area contributed by atoms with Gasteiger partial charge in [-0.3, -0.25) is 9.59 Å². The first-order valence-corrected chi connectivity index (χ1v) is 11.9. The van der Waals surface area contributed by atoms with E-state index in [1.165, 1.54) is 23.1 Å². The zero-order valence-corrected chi connectivity index (χ0v) is 18.9. The molecule has 2 heterocycles. The van der Waals surface area contributed by atoms with Crippen molar-refractivity contribution in [2.75, 3.05) is 58.1 Å². The predicted molar refractivity (Wildman–Crippen MR) is 118 cm³/mol. The number of hydrogen-bond donors (Lipinski definition) is 0. The van der Waals surface area contributed by atoms with Crippen LogP contribution in [-0.2, 0) is 25.6 Å². The van der Waals surface area contributed by atoms with Crippen LogP contribution in [0, 0.1) is 0 Å². The van der Waals surface area contributed by atoms with Gasteiger partial charge in [-0.05, 0) is 25.1 Å². The molecule has 1 saturated heterocycles. The largest absolute Gasteiger partial charge is 0.494 e. The van der Waals surface area contributed by atoms with Gasteiger partial charge in [0, 0.05) is 26.7 Å². The summed E-state index contributed by atoms with van der Waals surface area (Å²) in [5, 5.41) is 0. The van der Waals surface area contributed by atoms with E-state index >= 15 is 0 Å². The van der Waals surface area contributed by atoms with Gasteiger partial charge in [0.15, 0.2) is 4.80 Å². The summed E-state index contributed by atoms with van der Waals surface area (Å²) in [5.74, 6) is 1.02. The third-order valence-electron chi connectivity index (χ3n) is 4.52. The zero-order valence-electron chi connectivity index (χ0n) is 17.3. The summed E-state index contributed by atoms with van der Waals surface area (Å²) in [7, 11) is 1.65. The number of carbonyl (C=O) groups excluding carboxylic acids is 2. The van der Waals surface area contributed by atoms with Crippen molar-refractivity contribution in [3.05, 3.63) is 23.0 Å². The van der Waals surface area contributed by atoms with E-state index in [1.54, 1.807) is 12.0 Å². The minimum Gasteiger partial charge on any atom is -0.494 e. The number of amides is 2. The number of carbonyl (C=O) groups is 2. The van der Waals surface area contributed by atoms with Crippen LogP contribution in [0.3, 0.4) is 0 Å². The van der Waals surface area contributed by atoms with Crippen molar-refractivity contribution >= 4 is 45.1 Å². The Bertz CT molecular complexity index is 934. The maximum absolute atomic E-state index is 12.4. The number of thiazole rings is 1. The average Bonchev–Trinajstić information content (AvgIpc) is 3.09. The van der Waals surface area contributed by atoms with Crippen LogP contribution >= 0.6 is 23.1 Å². The summed E-state index contributed by atoms with van der Waals surface area (Å²) in [6.07, 6.45) is 0. The van der Waals surface area contributed by atoms with Crippen LogP contribution in [0.15, 0.2) is 23.2 Å². The third-order valence-corrected chi connectivity index (χ3v) is 6.46. The molecule has 1 aliphatic rings. The van der Waals surface area contributed by atoms with Crippen molar-refractivity contribution < 1.29 is 23.8 Å². The molecule has 0 radical (unpaired) electrons. The highest BCUT2D eigenvalue weighted by atomic mass is 32.2. The Morgan fingerprint density at radius 2 is 2.07 bits per heavy atom. The number of nitrogens with zero attached hydrogens (tertiary/aromatic N) is 3. The molecule has 2 aromatic rings. The van der Waals surface area contributed by atoms with E-state index in [2.05, 4.69) is 4.99 Å². The molecule has 0 saturated carbocycles. The molecule has 0 N–H and O–H groups in total. The molecule has 0 bridgehead atoms. The van der Waals surface area contributed by atoms with E-state index in [9.17, 15) is 9.59 Å². The fraction of sp³-hybridized carbons (Fsp3) is 0.550. The molecule has 8 nitrogen and oxygen atoms in total. The molecule has 0 spiro atoms. The number of ether oxygens (including phenoxy) is 3. The van der Waals surface area contributed by atoms with Crippen LogP contribution in [0.1, 0.15) is 6.92 Å². The monoisotopic (exact) mass is 453 g/mol. The molecule has 0 aliphatic carbocycles. The maximum Gasteiger partial charge on any atom is 0.258 e. The molecule has 10 heteroatoms. The van der Waals surface area contributed by atoms with E-state index in [0.29, 0.717) is 50.9 Å². The Morgan fingerprint density at radius 1 is 1.27 bits per heavy atom. The lowest BCUT2D eigenvalue weighted by molar-refractivity contribution is -0.132. The number of thioether (sulfide) groups is 1. The van der Waals surface area contributed by atoms with Crippen LogP contribution in [0.25, 0.3) is 10.2 Å². The Kier molecular flexibility index (Phi) is 8.74. The molecule has 3 rings (SSSR count). The van der Waals surface area contributed by atoms with E-state index in [-0.39, 0.29) is 23.3 Å². The molecule has 1 fully saturated rings. The average molecular weight is 454 g/mol. The Hall–Kier alpha value is -1.88. The second kappa shape index (κ2) is 11.5. The molecular formula is C20H27N3O5S2. The van der Waals surface area contributed by atoms with Gasteiger partial charge in [0.05, 0.1) is 48.1 Å². The highest BCUT2D eigenvalue weighted by Gasteiger charge is 2.17. The maximum atomic E-state index is 12.4. The lowest BCUT2D eigenvalue weighted by Crippen LogP contribution is -2.41. The van der Waals surface area contributed by atoms with E-state index < -0.39 is 0 Å². The first kappa shape index (κ1) is 22.8. The fourth-order valence-corrected chi connectivity index (χ4v) is 4.86. The zero-order chi connectivity index (χ0) is 21.3. The molecule has 164 valence electrons. The lowest BCUT2D eigenvalue weighted by atomic mass is 10.3. The number of aromatic nitrogens is 1. The molecule has 0 atom stereocenters. The molecular weight excluding hydrogens is 426 g/mol. The minimum absolute atomic E-state index is 0.0385. The van der Waals surface area contributed by atoms with Crippen LogP contribution in [0.5, 0.6) is 5.75 Å². The van der Waals surface area contributed by atoms with Crippen molar-refractivity contribution in [1.29, 1.82) is 0 Å². The van der Waals surface area contributed by atoms with Crippen LogP contribution < -0.4 is 9.54 Å². The number of fused-ring (bicyclic) bond motifs is 1. The van der Waals surface area contributed by atoms with Crippen molar-refractivity contribution in [3.8, 4) is 5.75 Å². The van der Waals surface area contributed by atoms with Gasteiger partial charge in [-0.25, -0.2) is 0 Å². The van der Waals surface area contributed by atoms with Crippen molar-refractivity contribution in [3.63, 3.8) is 0 Å². The summed E-state index contributed by atoms with van der Waals surface area (Å²) in [6.45, 7) is 6.02. The summed E-state index contributed by atoms with van der Waals surface area (Å²) >= 11 is 2.74. The van der Waals surface area contributed by atoms with Crippen LogP contribution in [0.2, 0.25) is 0 Å². The summed E-state index contributed by atoms with van der Waals surface area (Å²) in [5.41, 5.74) is 0.988. The lowest BCUT2D eigenvalue weighted by Gasteiger charge is -2.26. The summed E-state index contributed by atoms with van der Waals surface area (Å²) < 4.78 is 19.0. The normalized spacial score (nSPS) is 15.0. The number of morpholine rings is 1. The highest BCUT2D eigenvalue weighted by Crippen LogP contribution is 2.23. The van der Waals surface area contributed by atoms with Gasteiger partial charge in [-0.2, -0.15) is 4.99 Å². The van der Waals surface area contributed by atoms with Crippen LogP contribution in [0.4, 0.5) is 0 Å². The molecule has 0 unspecified atom stereocenters. The van der Waals surface area contributed by atoms with Gasteiger partial charge in [0.1, 0.15) is 5.75 Å². The smallest absolute Gasteiger partial charge is 0.258 e. The summed E-state index contributed by atoms with van der Waals surface area (Å²) in [4.78, 5) is 31.4. The van der Waals surface area contributed by atoms with Gasteiger partial charge >= 0.3 is 0 Å². The standard InChI is InChI=1S/C20H27N3O5S2/c1-3-28-15-4-5-16-17(12-15)30-20(23(16)8-9-26-2)21-18(24)13-29-14-19(25)22-6-10-27-11-7-22/h4-5,12H,3,6-11,13-14H2,1-2H3. The fourth-order valence-electron chi connectivity index (χ4n) is 3.06. The second-order valence-corrected chi connectivity index (χ2v) is 8.58. The van der Waals surface area contributed by atoms with Gasteiger partial charge in [-0.15, -0.1) is 11.8 Å². The second-order valence-electron chi connectivity index (χ2n) is 6.58. The number of methoxy groups -OCH3 is 1. The van der Waals surface area contributed by atoms with Gasteiger partial charge in [0.2, 0.25) is 5.91 Å². The number of benzene rings is 1.